The van der Waals surface area contributed by atoms with Crippen molar-refractivity contribution in [1.29, 1.82) is 5.26 Å². The molecule has 1 atom stereocenters. The third-order valence-electron chi connectivity index (χ3n) is 3.44. The number of nitriles is 1. The molecular formula is C18H17N3O3. The van der Waals surface area contributed by atoms with Crippen molar-refractivity contribution < 1.29 is 14.3 Å². The van der Waals surface area contributed by atoms with Crippen LogP contribution in [0.15, 0.2) is 48.5 Å². The van der Waals surface area contributed by atoms with Gasteiger partial charge in [-0.25, -0.2) is 0 Å². The van der Waals surface area contributed by atoms with E-state index in [0.717, 1.165) is 11.3 Å². The molecule has 0 saturated heterocycles. The highest BCUT2D eigenvalue weighted by Crippen LogP contribution is 2.17. The molecule has 0 aliphatic heterocycles. The summed E-state index contributed by atoms with van der Waals surface area (Å²) < 4.78 is 5.08. The minimum Gasteiger partial charge on any atom is -0.497 e. The number of carbonyl (C=O) groups is 2. The number of nitrogens with one attached hydrogen (secondary N) is 2. The first-order valence-electron chi connectivity index (χ1n) is 7.29. The monoisotopic (exact) mass is 323 g/mol. The minimum absolute atomic E-state index is 0.324. The van der Waals surface area contributed by atoms with Crippen LogP contribution in [0.4, 0.5) is 5.69 Å². The molecule has 0 spiro atoms. The van der Waals surface area contributed by atoms with Crippen LogP contribution in [0.1, 0.15) is 24.1 Å². The van der Waals surface area contributed by atoms with Crippen LogP contribution < -0.4 is 15.4 Å². The molecule has 0 aliphatic carbocycles. The second-order valence-electron chi connectivity index (χ2n) is 5.11. The van der Waals surface area contributed by atoms with Gasteiger partial charge in [-0.2, -0.15) is 5.26 Å². The molecule has 0 aliphatic rings. The number of ether oxygens (including phenoxy) is 1. The zero-order chi connectivity index (χ0) is 17.5. The van der Waals surface area contributed by atoms with E-state index in [1.54, 1.807) is 50.4 Å². The maximum atomic E-state index is 12.0. The number of methoxy groups -OCH3 is 1. The van der Waals surface area contributed by atoms with Crippen LogP contribution in [0.25, 0.3) is 0 Å². The lowest BCUT2D eigenvalue weighted by molar-refractivity contribution is -0.136. The molecule has 2 rings (SSSR count). The highest BCUT2D eigenvalue weighted by Gasteiger charge is 2.17. The predicted octanol–water partition coefficient (Wildman–Crippen LogP) is 2.38. The summed E-state index contributed by atoms with van der Waals surface area (Å²) in [6.07, 6.45) is 0. The largest absolute Gasteiger partial charge is 0.497 e. The van der Waals surface area contributed by atoms with E-state index >= 15 is 0 Å². The van der Waals surface area contributed by atoms with Gasteiger partial charge in [0.2, 0.25) is 0 Å². The van der Waals surface area contributed by atoms with Gasteiger partial charge in [0.25, 0.3) is 0 Å². The SMILES string of the molecule is COc1ccc(C(C)NC(=O)C(=O)Nc2ccc(C#N)cc2)cc1. The minimum atomic E-state index is -0.764. The molecule has 0 radical (unpaired) electrons. The van der Waals surface area contributed by atoms with Crippen LogP contribution >= 0.6 is 0 Å². The van der Waals surface area contributed by atoms with Crippen molar-refractivity contribution in [2.45, 2.75) is 13.0 Å². The van der Waals surface area contributed by atoms with Crippen molar-refractivity contribution in [3.8, 4) is 11.8 Å². The van der Waals surface area contributed by atoms with E-state index in [0.29, 0.717) is 11.3 Å². The molecule has 2 N–H and O–H groups in total. The Morgan fingerprint density at radius 3 is 2.21 bits per heavy atom. The molecule has 6 nitrogen and oxygen atoms in total. The third kappa shape index (κ3) is 4.34. The lowest BCUT2D eigenvalue weighted by Gasteiger charge is -2.14. The summed E-state index contributed by atoms with van der Waals surface area (Å²) in [5.41, 5.74) is 1.78. The molecule has 2 aromatic rings. The van der Waals surface area contributed by atoms with E-state index in [-0.39, 0.29) is 6.04 Å². The van der Waals surface area contributed by atoms with E-state index in [2.05, 4.69) is 10.6 Å². The number of hydrogen-bond acceptors (Lipinski definition) is 4. The van der Waals surface area contributed by atoms with E-state index in [4.69, 9.17) is 10.00 Å². The Labute approximate surface area is 140 Å². The summed E-state index contributed by atoms with van der Waals surface area (Å²) in [5, 5.41) is 13.8. The zero-order valence-corrected chi connectivity index (χ0v) is 13.4. The normalized spacial score (nSPS) is 11.0. The second kappa shape index (κ2) is 7.79. The molecule has 0 bridgehead atoms. The van der Waals surface area contributed by atoms with Gasteiger partial charge in [-0.05, 0) is 48.9 Å². The fourth-order valence-corrected chi connectivity index (χ4v) is 2.05. The van der Waals surface area contributed by atoms with E-state index in [9.17, 15) is 9.59 Å². The van der Waals surface area contributed by atoms with Gasteiger partial charge in [0.15, 0.2) is 0 Å². The lowest BCUT2D eigenvalue weighted by atomic mass is 10.1. The second-order valence-corrected chi connectivity index (χ2v) is 5.11. The molecule has 0 fully saturated rings. The molecule has 1 unspecified atom stereocenters. The molecule has 6 heteroatoms. The molecule has 0 saturated carbocycles. The lowest BCUT2D eigenvalue weighted by Crippen LogP contribution is -2.36. The average molecular weight is 323 g/mol. The van der Waals surface area contributed by atoms with Gasteiger partial charge in [0.1, 0.15) is 5.75 Å². The standard InChI is InChI=1S/C18H17N3O3/c1-12(14-5-9-16(24-2)10-6-14)20-17(22)18(23)21-15-7-3-13(11-19)4-8-15/h3-10,12H,1-2H3,(H,20,22)(H,21,23). The van der Waals surface area contributed by atoms with Gasteiger partial charge in [-0.15, -0.1) is 0 Å². The fraction of sp³-hybridized carbons (Fsp3) is 0.167. The van der Waals surface area contributed by atoms with Crippen molar-refractivity contribution in [3.05, 3.63) is 59.7 Å². The fourth-order valence-electron chi connectivity index (χ4n) is 2.05. The highest BCUT2D eigenvalue weighted by molar-refractivity contribution is 6.39. The Morgan fingerprint density at radius 2 is 1.67 bits per heavy atom. The van der Waals surface area contributed by atoms with Crippen LogP contribution in [0.3, 0.4) is 0 Å². The summed E-state index contributed by atoms with van der Waals surface area (Å²) in [5.74, 6) is -0.779. The Morgan fingerprint density at radius 1 is 1.04 bits per heavy atom. The van der Waals surface area contributed by atoms with Gasteiger partial charge in [0, 0.05) is 5.69 Å². The average Bonchev–Trinajstić information content (AvgIpc) is 2.62. The number of nitrogens with zero attached hydrogens (tertiary/aromatic N) is 1. The molecule has 24 heavy (non-hydrogen) atoms. The van der Waals surface area contributed by atoms with Crippen LogP contribution in [-0.2, 0) is 9.59 Å². The van der Waals surface area contributed by atoms with Crippen LogP contribution in [-0.4, -0.2) is 18.9 Å². The number of anilines is 1. The van der Waals surface area contributed by atoms with Crippen LogP contribution in [0.2, 0.25) is 0 Å². The Balaban J connectivity index is 1.94. The van der Waals surface area contributed by atoms with Gasteiger partial charge in [-0.3, -0.25) is 9.59 Å². The predicted molar refractivity (Wildman–Crippen MR) is 89.3 cm³/mol. The van der Waals surface area contributed by atoms with Crippen molar-refractivity contribution in [2.24, 2.45) is 0 Å². The van der Waals surface area contributed by atoms with Gasteiger partial charge in [0.05, 0.1) is 24.8 Å². The van der Waals surface area contributed by atoms with Crippen molar-refractivity contribution in [2.75, 3.05) is 12.4 Å². The third-order valence-corrected chi connectivity index (χ3v) is 3.44. The zero-order valence-electron chi connectivity index (χ0n) is 13.4. The summed E-state index contributed by atoms with van der Waals surface area (Å²) in [6, 6.07) is 15.1. The summed E-state index contributed by atoms with van der Waals surface area (Å²) >= 11 is 0. The Kier molecular flexibility index (Phi) is 5.53. The first-order chi connectivity index (χ1) is 11.5. The van der Waals surface area contributed by atoms with E-state index in [1.165, 1.54) is 0 Å². The first kappa shape index (κ1) is 17.0. The van der Waals surface area contributed by atoms with E-state index < -0.39 is 11.8 Å². The quantitative estimate of drug-likeness (QED) is 0.845. The van der Waals surface area contributed by atoms with Gasteiger partial charge < -0.3 is 15.4 Å². The molecule has 2 aromatic carbocycles. The molecule has 122 valence electrons. The van der Waals surface area contributed by atoms with Gasteiger partial charge in [-0.1, -0.05) is 12.1 Å². The smallest absolute Gasteiger partial charge is 0.313 e. The first-order valence-corrected chi connectivity index (χ1v) is 7.29. The highest BCUT2D eigenvalue weighted by atomic mass is 16.5. The maximum absolute atomic E-state index is 12.0. The summed E-state index contributed by atoms with van der Waals surface area (Å²) in [4.78, 5) is 23.9. The molecule has 0 heterocycles. The van der Waals surface area contributed by atoms with Crippen molar-refractivity contribution in [1.82, 2.24) is 5.32 Å². The number of carbonyl (C=O) groups excluding carboxylic acids is 2. The van der Waals surface area contributed by atoms with Crippen molar-refractivity contribution >= 4 is 17.5 Å². The Bertz CT molecular complexity index is 762. The van der Waals surface area contributed by atoms with Crippen LogP contribution in [0.5, 0.6) is 5.75 Å². The number of rotatable bonds is 4. The topological polar surface area (TPSA) is 91.2 Å². The number of hydrogen-bond donors (Lipinski definition) is 2. The molecular weight excluding hydrogens is 306 g/mol. The summed E-state index contributed by atoms with van der Waals surface area (Å²) in [6.45, 7) is 1.79. The Hall–Kier alpha value is -3.33. The molecule has 2 amide bonds. The van der Waals surface area contributed by atoms with Crippen LogP contribution in [0, 0.1) is 11.3 Å². The maximum Gasteiger partial charge on any atom is 0.313 e. The number of amides is 2. The molecule has 0 aromatic heterocycles. The van der Waals surface area contributed by atoms with Crippen molar-refractivity contribution in [3.63, 3.8) is 0 Å². The van der Waals surface area contributed by atoms with E-state index in [1.807, 2.05) is 18.2 Å². The summed E-state index contributed by atoms with van der Waals surface area (Å²) in [7, 11) is 1.58. The van der Waals surface area contributed by atoms with Gasteiger partial charge >= 0.3 is 11.8 Å². The number of benzene rings is 2.